The predicted octanol–water partition coefficient (Wildman–Crippen LogP) is 3.19. The van der Waals surface area contributed by atoms with Gasteiger partial charge in [-0.05, 0) is 53.4 Å². The number of hydrogen-bond donors (Lipinski definition) is 1. The van der Waals surface area contributed by atoms with E-state index in [1.165, 1.54) is 64.4 Å². The number of rotatable bonds is 5. The average molecular weight is 427 g/mol. The molecule has 2 heterocycles. The lowest BCUT2D eigenvalue weighted by molar-refractivity contribution is -0.116. The summed E-state index contributed by atoms with van der Waals surface area (Å²) in [6, 6.07) is 12.3. The van der Waals surface area contributed by atoms with Gasteiger partial charge in [-0.1, -0.05) is 12.1 Å². The van der Waals surface area contributed by atoms with Crippen molar-refractivity contribution in [3.63, 3.8) is 0 Å². The first kappa shape index (κ1) is 19.7. The Hall–Kier alpha value is -3.59. The lowest BCUT2D eigenvalue weighted by atomic mass is 10.2. The Morgan fingerprint density at radius 1 is 0.900 bits per heavy atom. The molecule has 0 aliphatic carbocycles. The van der Waals surface area contributed by atoms with Crippen molar-refractivity contribution in [3.05, 3.63) is 98.0 Å². The van der Waals surface area contributed by atoms with Crippen LogP contribution in [-0.2, 0) is 17.9 Å². The lowest BCUT2D eigenvalue weighted by Crippen LogP contribution is -2.41. The number of halogens is 2. The number of benzene rings is 2. The number of thiophene rings is 1. The van der Waals surface area contributed by atoms with Crippen molar-refractivity contribution in [3.8, 4) is 0 Å². The van der Waals surface area contributed by atoms with Crippen molar-refractivity contribution in [2.45, 2.75) is 13.1 Å². The number of anilines is 1. The number of nitrogens with zero attached hydrogens (tertiary/aromatic N) is 2. The summed E-state index contributed by atoms with van der Waals surface area (Å²) in [5.74, 6) is -1.35. The number of hydrogen-bond acceptors (Lipinski definition) is 4. The zero-order valence-corrected chi connectivity index (χ0v) is 16.3. The van der Waals surface area contributed by atoms with E-state index in [9.17, 15) is 23.2 Å². The van der Waals surface area contributed by atoms with E-state index >= 15 is 0 Å². The van der Waals surface area contributed by atoms with Crippen LogP contribution in [0, 0.1) is 11.6 Å². The second-order valence-corrected chi connectivity index (χ2v) is 7.49. The zero-order valence-electron chi connectivity index (χ0n) is 15.5. The fourth-order valence-electron chi connectivity index (χ4n) is 3.08. The summed E-state index contributed by atoms with van der Waals surface area (Å²) >= 11 is 1.17. The van der Waals surface area contributed by atoms with E-state index in [4.69, 9.17) is 0 Å². The molecule has 2 aromatic carbocycles. The Morgan fingerprint density at radius 3 is 2.20 bits per heavy atom. The minimum atomic E-state index is -0.649. The van der Waals surface area contributed by atoms with Crippen LogP contribution < -0.4 is 16.6 Å². The maximum atomic E-state index is 13.2. The van der Waals surface area contributed by atoms with E-state index in [1.54, 1.807) is 11.4 Å². The van der Waals surface area contributed by atoms with E-state index in [0.717, 1.165) is 4.57 Å². The molecule has 0 saturated carbocycles. The van der Waals surface area contributed by atoms with Gasteiger partial charge in [0.25, 0.3) is 5.56 Å². The number of carbonyl (C=O) groups excluding carboxylic acids is 1. The van der Waals surface area contributed by atoms with Gasteiger partial charge in [-0.2, -0.15) is 0 Å². The fraction of sp³-hybridized carbons (Fsp3) is 0.0952. The van der Waals surface area contributed by atoms with Gasteiger partial charge in [0, 0.05) is 5.69 Å². The van der Waals surface area contributed by atoms with Gasteiger partial charge in [0.2, 0.25) is 5.91 Å². The number of fused-ring (bicyclic) bond motifs is 1. The lowest BCUT2D eigenvalue weighted by Gasteiger charge is -2.12. The van der Waals surface area contributed by atoms with Crippen molar-refractivity contribution in [1.29, 1.82) is 0 Å². The molecular formula is C21H15F2N3O3S. The molecule has 0 spiro atoms. The van der Waals surface area contributed by atoms with E-state index in [0.29, 0.717) is 21.5 Å². The molecule has 0 aliphatic rings. The topological polar surface area (TPSA) is 73.1 Å². The van der Waals surface area contributed by atoms with Gasteiger partial charge in [-0.3, -0.25) is 18.7 Å². The number of nitrogens with one attached hydrogen (secondary N) is 1. The quantitative estimate of drug-likeness (QED) is 0.532. The van der Waals surface area contributed by atoms with Crippen LogP contribution in [0.2, 0.25) is 0 Å². The second kappa shape index (κ2) is 8.03. The summed E-state index contributed by atoms with van der Waals surface area (Å²) in [4.78, 5) is 38.3. The average Bonchev–Trinajstić information content (AvgIpc) is 3.22. The van der Waals surface area contributed by atoms with Crippen LogP contribution in [0.1, 0.15) is 5.56 Å². The Kier molecular flexibility index (Phi) is 5.28. The molecule has 6 nitrogen and oxygen atoms in total. The number of amides is 1. The molecule has 0 atom stereocenters. The standard InChI is InChI=1S/C21H15F2N3O3S/c22-14-3-1-13(2-4-14)11-26-20(28)19-17(9-10-30-19)25(21(26)29)12-18(27)24-16-7-5-15(23)6-8-16/h1-10H,11-12H2,(H,24,27). The molecule has 0 saturated heterocycles. The molecule has 0 unspecified atom stereocenters. The van der Waals surface area contributed by atoms with Crippen molar-refractivity contribution in [1.82, 2.24) is 9.13 Å². The van der Waals surface area contributed by atoms with Crippen LogP contribution >= 0.6 is 11.3 Å². The Balaban J connectivity index is 1.70. The highest BCUT2D eigenvalue weighted by molar-refractivity contribution is 7.17. The van der Waals surface area contributed by atoms with Crippen LogP contribution in [0.4, 0.5) is 14.5 Å². The maximum absolute atomic E-state index is 13.2. The molecule has 1 amide bonds. The van der Waals surface area contributed by atoms with Crippen molar-refractivity contribution < 1.29 is 13.6 Å². The molecule has 0 aliphatic heterocycles. The van der Waals surface area contributed by atoms with Crippen LogP contribution in [0.25, 0.3) is 10.2 Å². The summed E-state index contributed by atoms with van der Waals surface area (Å²) in [5, 5.41) is 4.27. The van der Waals surface area contributed by atoms with Gasteiger partial charge in [0.15, 0.2) is 0 Å². The largest absolute Gasteiger partial charge is 0.332 e. The van der Waals surface area contributed by atoms with Crippen LogP contribution in [0.3, 0.4) is 0 Å². The summed E-state index contributed by atoms with van der Waals surface area (Å²) in [6.07, 6.45) is 0. The SMILES string of the molecule is O=C(Cn1c(=O)n(Cc2ccc(F)cc2)c(=O)c2sccc21)Nc1ccc(F)cc1. The van der Waals surface area contributed by atoms with Crippen LogP contribution in [-0.4, -0.2) is 15.0 Å². The molecule has 152 valence electrons. The van der Waals surface area contributed by atoms with Crippen LogP contribution in [0.5, 0.6) is 0 Å². The van der Waals surface area contributed by atoms with Gasteiger partial charge >= 0.3 is 5.69 Å². The third-order valence-electron chi connectivity index (χ3n) is 4.52. The molecule has 30 heavy (non-hydrogen) atoms. The smallest absolute Gasteiger partial charge is 0.325 e. The summed E-state index contributed by atoms with van der Waals surface area (Å²) in [6.45, 7) is -0.376. The fourth-order valence-corrected chi connectivity index (χ4v) is 3.92. The Morgan fingerprint density at radius 2 is 1.53 bits per heavy atom. The van der Waals surface area contributed by atoms with Gasteiger partial charge in [0.05, 0.1) is 12.1 Å². The number of aromatic nitrogens is 2. The minimum absolute atomic E-state index is 0.0502. The third kappa shape index (κ3) is 3.92. The van der Waals surface area contributed by atoms with E-state index in [1.807, 2.05) is 0 Å². The summed E-state index contributed by atoms with van der Waals surface area (Å²) in [7, 11) is 0. The van der Waals surface area contributed by atoms with Gasteiger partial charge in [0.1, 0.15) is 22.9 Å². The van der Waals surface area contributed by atoms with E-state index in [-0.39, 0.29) is 13.1 Å². The molecule has 0 radical (unpaired) electrons. The van der Waals surface area contributed by atoms with Crippen molar-refractivity contribution >= 4 is 33.1 Å². The van der Waals surface area contributed by atoms with Crippen LogP contribution in [0.15, 0.2) is 69.6 Å². The van der Waals surface area contributed by atoms with Gasteiger partial charge in [-0.25, -0.2) is 13.6 Å². The normalized spacial score (nSPS) is 11.0. The highest BCUT2D eigenvalue weighted by Gasteiger charge is 2.17. The number of carbonyl (C=O) groups is 1. The molecular weight excluding hydrogens is 412 g/mol. The molecule has 0 fully saturated rings. The Bertz CT molecular complexity index is 1340. The highest BCUT2D eigenvalue weighted by atomic mass is 32.1. The Labute approximate surface area is 172 Å². The maximum Gasteiger partial charge on any atom is 0.332 e. The predicted molar refractivity (Wildman–Crippen MR) is 111 cm³/mol. The van der Waals surface area contributed by atoms with E-state index in [2.05, 4.69) is 5.32 Å². The molecule has 4 aromatic rings. The summed E-state index contributed by atoms with van der Waals surface area (Å²) in [5.41, 5.74) is 0.207. The van der Waals surface area contributed by atoms with E-state index < -0.39 is 28.8 Å². The zero-order chi connectivity index (χ0) is 21.3. The molecule has 2 aromatic heterocycles. The second-order valence-electron chi connectivity index (χ2n) is 6.58. The highest BCUT2D eigenvalue weighted by Crippen LogP contribution is 2.16. The van der Waals surface area contributed by atoms with Crippen molar-refractivity contribution in [2.24, 2.45) is 0 Å². The summed E-state index contributed by atoms with van der Waals surface area (Å²) < 4.78 is 28.8. The first-order valence-corrected chi connectivity index (χ1v) is 9.81. The monoisotopic (exact) mass is 427 g/mol. The first-order valence-electron chi connectivity index (χ1n) is 8.93. The molecule has 1 N–H and O–H groups in total. The minimum Gasteiger partial charge on any atom is -0.325 e. The van der Waals surface area contributed by atoms with Gasteiger partial charge < -0.3 is 5.32 Å². The molecule has 0 bridgehead atoms. The van der Waals surface area contributed by atoms with Crippen molar-refractivity contribution in [2.75, 3.05) is 5.32 Å². The molecule has 9 heteroatoms. The van der Waals surface area contributed by atoms with Gasteiger partial charge in [-0.15, -0.1) is 11.3 Å². The first-order chi connectivity index (χ1) is 14.4. The third-order valence-corrected chi connectivity index (χ3v) is 5.41. The molecule has 4 rings (SSSR count).